The Labute approximate surface area is 130 Å². The molecule has 1 aliphatic heterocycles. The second-order valence-corrected chi connectivity index (χ2v) is 4.91. The monoisotopic (exact) mass is 313 g/mol. The lowest BCUT2D eigenvalue weighted by atomic mass is 9.97. The number of carbonyl (C=O) groups excluding carboxylic acids is 1. The van der Waals surface area contributed by atoms with E-state index in [1.165, 1.54) is 36.4 Å². The number of carbonyl (C=O) groups is 1. The highest BCUT2D eigenvalue weighted by molar-refractivity contribution is 6.16. The summed E-state index contributed by atoms with van der Waals surface area (Å²) in [4.78, 5) is 23.0. The molecule has 0 bridgehead atoms. The molecular formula is C16H11NO6. The summed E-state index contributed by atoms with van der Waals surface area (Å²) in [5, 5.41) is 30.4. The normalized spacial score (nSPS) is 15.1. The number of phenolic OH excluding ortho intramolecular Hbond substituents is 2. The lowest BCUT2D eigenvalue weighted by molar-refractivity contribution is -0.385. The topological polar surface area (TPSA) is 110 Å². The highest BCUT2D eigenvalue weighted by Crippen LogP contribution is 2.40. The Morgan fingerprint density at radius 2 is 1.91 bits per heavy atom. The van der Waals surface area contributed by atoms with E-state index in [0.717, 1.165) is 0 Å². The standard InChI is InChI=1S/C16H11NO6/c18-12-5-6-13-14(16(12)20)15(19)10(8-23-13)7-9-3-1-2-4-11(9)17(21)22/h1-7,18,20H,8H2/b10-7+. The molecule has 3 rings (SSSR count). The van der Waals surface area contributed by atoms with Crippen molar-refractivity contribution in [1.29, 1.82) is 0 Å². The molecule has 23 heavy (non-hydrogen) atoms. The molecule has 2 aromatic carbocycles. The van der Waals surface area contributed by atoms with Gasteiger partial charge in [-0.15, -0.1) is 0 Å². The Bertz CT molecular complexity index is 856. The van der Waals surface area contributed by atoms with Gasteiger partial charge in [0.2, 0.25) is 0 Å². The molecule has 0 unspecified atom stereocenters. The van der Waals surface area contributed by atoms with E-state index in [1.807, 2.05) is 0 Å². The van der Waals surface area contributed by atoms with Crippen LogP contribution in [0.4, 0.5) is 5.69 Å². The Hall–Kier alpha value is -3.35. The first-order chi connectivity index (χ1) is 11.0. The first-order valence-corrected chi connectivity index (χ1v) is 6.65. The maximum atomic E-state index is 12.5. The number of hydrogen-bond acceptors (Lipinski definition) is 6. The Morgan fingerprint density at radius 1 is 1.17 bits per heavy atom. The van der Waals surface area contributed by atoms with Crippen molar-refractivity contribution >= 4 is 17.5 Å². The van der Waals surface area contributed by atoms with Crippen molar-refractivity contribution in [3.8, 4) is 17.2 Å². The maximum Gasteiger partial charge on any atom is 0.276 e. The molecule has 0 amide bonds. The van der Waals surface area contributed by atoms with Crippen molar-refractivity contribution < 1.29 is 24.7 Å². The number of ether oxygens (including phenoxy) is 1. The van der Waals surface area contributed by atoms with E-state index in [0.29, 0.717) is 0 Å². The summed E-state index contributed by atoms with van der Waals surface area (Å²) in [5.41, 5.74) is 0.111. The van der Waals surface area contributed by atoms with Gasteiger partial charge in [0.05, 0.1) is 10.5 Å². The predicted octanol–water partition coefficient (Wildman–Crippen LogP) is 2.66. The van der Waals surface area contributed by atoms with Gasteiger partial charge in [-0.25, -0.2) is 0 Å². The van der Waals surface area contributed by atoms with E-state index < -0.39 is 22.2 Å². The van der Waals surface area contributed by atoms with Gasteiger partial charge in [0.1, 0.15) is 17.9 Å². The number of fused-ring (bicyclic) bond motifs is 1. The Balaban J connectivity index is 2.08. The van der Waals surface area contributed by atoms with Crippen LogP contribution in [0.25, 0.3) is 6.08 Å². The zero-order valence-corrected chi connectivity index (χ0v) is 11.7. The fraction of sp³-hybridized carbons (Fsp3) is 0.0625. The minimum atomic E-state index is -0.569. The summed E-state index contributed by atoms with van der Waals surface area (Å²) in [5.74, 6) is -1.39. The number of nitrogens with zero attached hydrogens (tertiary/aromatic N) is 1. The van der Waals surface area contributed by atoms with Gasteiger partial charge < -0.3 is 14.9 Å². The van der Waals surface area contributed by atoms with Gasteiger partial charge in [0, 0.05) is 11.6 Å². The number of phenols is 2. The number of nitro benzene ring substituents is 1. The van der Waals surface area contributed by atoms with Crippen LogP contribution in [0, 0.1) is 10.1 Å². The number of nitro groups is 1. The minimum absolute atomic E-state index is 0.0813. The highest BCUT2D eigenvalue weighted by Gasteiger charge is 2.28. The largest absolute Gasteiger partial charge is 0.504 e. The molecule has 2 aromatic rings. The molecule has 0 spiro atoms. The molecule has 116 valence electrons. The minimum Gasteiger partial charge on any atom is -0.504 e. The number of ketones is 1. The van der Waals surface area contributed by atoms with Crippen LogP contribution in [-0.2, 0) is 0 Å². The summed E-state index contributed by atoms with van der Waals surface area (Å²) in [7, 11) is 0. The molecule has 1 aliphatic rings. The summed E-state index contributed by atoms with van der Waals surface area (Å²) < 4.78 is 5.38. The fourth-order valence-electron chi connectivity index (χ4n) is 2.35. The molecule has 0 radical (unpaired) electrons. The van der Waals surface area contributed by atoms with Crippen molar-refractivity contribution in [3.05, 3.63) is 63.2 Å². The smallest absolute Gasteiger partial charge is 0.276 e. The van der Waals surface area contributed by atoms with E-state index in [4.69, 9.17) is 4.74 Å². The fourth-order valence-corrected chi connectivity index (χ4v) is 2.35. The van der Waals surface area contributed by atoms with Crippen molar-refractivity contribution in [2.45, 2.75) is 0 Å². The van der Waals surface area contributed by atoms with Crippen LogP contribution in [0.1, 0.15) is 15.9 Å². The first kappa shape index (κ1) is 14.6. The molecule has 0 aliphatic carbocycles. The molecule has 0 aromatic heterocycles. The van der Waals surface area contributed by atoms with Crippen LogP contribution in [0.5, 0.6) is 17.2 Å². The summed E-state index contributed by atoms with van der Waals surface area (Å²) in [6.45, 7) is -0.0813. The molecule has 0 saturated carbocycles. The van der Waals surface area contributed by atoms with Crippen LogP contribution in [0.15, 0.2) is 42.0 Å². The molecule has 7 heteroatoms. The van der Waals surface area contributed by atoms with Crippen LogP contribution in [0.3, 0.4) is 0 Å². The lowest BCUT2D eigenvalue weighted by Crippen LogP contribution is -2.19. The number of aromatic hydroxyl groups is 2. The van der Waals surface area contributed by atoms with Crippen LogP contribution < -0.4 is 4.74 Å². The molecule has 7 nitrogen and oxygen atoms in total. The molecule has 1 heterocycles. The zero-order chi connectivity index (χ0) is 16.6. The average Bonchev–Trinajstić information content (AvgIpc) is 2.53. The second-order valence-electron chi connectivity index (χ2n) is 4.91. The van der Waals surface area contributed by atoms with Crippen molar-refractivity contribution in [2.24, 2.45) is 0 Å². The van der Waals surface area contributed by atoms with E-state index >= 15 is 0 Å². The zero-order valence-electron chi connectivity index (χ0n) is 11.7. The number of benzene rings is 2. The Kier molecular flexibility index (Phi) is 3.46. The summed E-state index contributed by atoms with van der Waals surface area (Å²) >= 11 is 0. The average molecular weight is 313 g/mol. The molecule has 0 fully saturated rings. The van der Waals surface area contributed by atoms with Crippen molar-refractivity contribution in [2.75, 3.05) is 6.61 Å². The Morgan fingerprint density at radius 3 is 2.65 bits per heavy atom. The number of Topliss-reactive ketones (excluding diaryl/α,β-unsaturated/α-hetero) is 1. The third kappa shape index (κ3) is 2.48. The van der Waals surface area contributed by atoms with Gasteiger partial charge >= 0.3 is 0 Å². The van der Waals surface area contributed by atoms with E-state index in [2.05, 4.69) is 0 Å². The molecular weight excluding hydrogens is 302 g/mol. The van der Waals surface area contributed by atoms with Crippen LogP contribution in [-0.4, -0.2) is 27.5 Å². The number of rotatable bonds is 2. The lowest BCUT2D eigenvalue weighted by Gasteiger charge is -2.20. The van der Waals surface area contributed by atoms with Gasteiger partial charge in [0.15, 0.2) is 17.3 Å². The van der Waals surface area contributed by atoms with Gasteiger partial charge in [-0.3, -0.25) is 14.9 Å². The second kappa shape index (κ2) is 5.45. The summed E-state index contributed by atoms with van der Waals surface area (Å²) in [6.07, 6.45) is 1.35. The SMILES string of the molecule is O=C1/C(=C/c2ccccc2[N+](=O)[O-])COc2ccc(O)c(O)c21. The maximum absolute atomic E-state index is 12.5. The number of hydrogen-bond donors (Lipinski definition) is 2. The third-order valence-electron chi connectivity index (χ3n) is 3.48. The van der Waals surface area contributed by atoms with Crippen molar-refractivity contribution in [1.82, 2.24) is 0 Å². The van der Waals surface area contributed by atoms with Crippen LogP contribution in [0.2, 0.25) is 0 Å². The van der Waals surface area contributed by atoms with Gasteiger partial charge in [-0.1, -0.05) is 12.1 Å². The number of para-hydroxylation sites is 1. The predicted molar refractivity (Wildman–Crippen MR) is 80.7 cm³/mol. The van der Waals surface area contributed by atoms with E-state index in [-0.39, 0.29) is 34.7 Å². The van der Waals surface area contributed by atoms with Crippen LogP contribution >= 0.6 is 0 Å². The van der Waals surface area contributed by atoms with E-state index in [9.17, 15) is 25.1 Å². The summed E-state index contributed by atoms with van der Waals surface area (Å²) in [6, 6.07) is 8.58. The molecule has 2 N–H and O–H groups in total. The van der Waals surface area contributed by atoms with Crippen molar-refractivity contribution in [3.63, 3.8) is 0 Å². The van der Waals surface area contributed by atoms with Gasteiger partial charge in [-0.05, 0) is 24.3 Å². The highest BCUT2D eigenvalue weighted by atomic mass is 16.6. The van der Waals surface area contributed by atoms with Gasteiger partial charge in [-0.2, -0.15) is 0 Å². The molecule has 0 saturated heterocycles. The third-order valence-corrected chi connectivity index (χ3v) is 3.48. The molecule has 0 atom stereocenters. The van der Waals surface area contributed by atoms with Gasteiger partial charge in [0.25, 0.3) is 5.69 Å². The van der Waals surface area contributed by atoms with E-state index in [1.54, 1.807) is 6.07 Å². The first-order valence-electron chi connectivity index (χ1n) is 6.65. The quantitative estimate of drug-likeness (QED) is 0.382.